The maximum absolute atomic E-state index is 13.3. The van der Waals surface area contributed by atoms with Crippen LogP contribution in [0.15, 0.2) is 55.1 Å². The molecule has 2 atom stereocenters. The number of aryl methyl sites for hydroxylation is 1. The molecule has 3 N–H and O–H groups in total. The highest BCUT2D eigenvalue weighted by molar-refractivity contribution is 5.97. The molecule has 1 fully saturated rings. The Morgan fingerprint density at radius 1 is 1.20 bits per heavy atom. The van der Waals surface area contributed by atoms with Crippen LogP contribution in [-0.2, 0) is 17.8 Å². The van der Waals surface area contributed by atoms with Crippen molar-refractivity contribution in [3.63, 3.8) is 0 Å². The van der Waals surface area contributed by atoms with Crippen molar-refractivity contribution in [2.75, 3.05) is 42.5 Å². The van der Waals surface area contributed by atoms with Gasteiger partial charge in [-0.05, 0) is 49.4 Å². The molecule has 212 valence electrons. The molecule has 0 saturated carbocycles. The van der Waals surface area contributed by atoms with Gasteiger partial charge in [-0.3, -0.25) is 9.59 Å². The number of nitriles is 1. The molecule has 0 aliphatic carbocycles. The number of fused-ring (bicyclic) bond motifs is 2. The van der Waals surface area contributed by atoms with Crippen molar-refractivity contribution >= 4 is 34.0 Å². The van der Waals surface area contributed by atoms with Gasteiger partial charge in [0.05, 0.1) is 30.8 Å². The average molecular weight is 552 g/mol. The summed E-state index contributed by atoms with van der Waals surface area (Å²) in [6.45, 7) is 10.9. The summed E-state index contributed by atoms with van der Waals surface area (Å²) in [5.41, 5.74) is 11.4. The summed E-state index contributed by atoms with van der Waals surface area (Å²) in [6.07, 6.45) is 2.29. The number of benzene rings is 2. The molecule has 2 aliphatic rings. The van der Waals surface area contributed by atoms with Gasteiger partial charge < -0.3 is 25.8 Å². The fourth-order valence-corrected chi connectivity index (χ4v) is 6.01. The molecule has 0 radical (unpaired) electrons. The highest BCUT2D eigenvalue weighted by Crippen LogP contribution is 2.36. The van der Waals surface area contributed by atoms with Crippen molar-refractivity contribution < 1.29 is 9.59 Å². The van der Waals surface area contributed by atoms with E-state index in [2.05, 4.69) is 71.1 Å². The number of anilines is 2. The van der Waals surface area contributed by atoms with Crippen LogP contribution < -0.4 is 20.9 Å². The molecular weight excluding hydrogens is 514 g/mol. The summed E-state index contributed by atoms with van der Waals surface area (Å²) < 4.78 is 0. The lowest BCUT2D eigenvalue weighted by atomic mass is 9.97. The van der Waals surface area contributed by atoms with E-state index in [9.17, 15) is 14.9 Å². The Bertz CT molecular complexity index is 1520. The van der Waals surface area contributed by atoms with Crippen LogP contribution in [0.5, 0.6) is 0 Å². The molecule has 2 amide bonds. The number of nitrogens with one attached hydrogen (secondary N) is 1. The second kappa shape index (κ2) is 12.0. The molecule has 3 heterocycles. The Balaban J connectivity index is 1.54. The van der Waals surface area contributed by atoms with E-state index in [4.69, 9.17) is 10.7 Å². The first kappa shape index (κ1) is 28.1. The largest absolute Gasteiger partial charge is 0.367 e. The first-order valence-corrected chi connectivity index (χ1v) is 14.2. The molecule has 9 nitrogen and oxygen atoms in total. The smallest absolute Gasteiger partial charge is 0.270 e. The standard InChI is InChI=1S/C32H37N7O2/c1-4-30(40)39-16-15-38(19-24(39)11-13-33)29-17-26(32(41)35-22(3)18-34)36-27-20-37(14-12-25(27)29)28-10-6-9-23-8-5-7-21(2)31(23)28/h4-10,17,22,24H,1,11-12,14-16,18-20,34H2,2-3H3,(H,35,41). The highest BCUT2D eigenvalue weighted by Gasteiger charge is 2.33. The number of nitrogens with zero attached hydrogens (tertiary/aromatic N) is 5. The first-order valence-electron chi connectivity index (χ1n) is 14.2. The molecule has 1 saturated heterocycles. The molecule has 1 aromatic heterocycles. The minimum atomic E-state index is -0.267. The Morgan fingerprint density at radius 2 is 1.98 bits per heavy atom. The highest BCUT2D eigenvalue weighted by atomic mass is 16.2. The van der Waals surface area contributed by atoms with Crippen LogP contribution in [-0.4, -0.2) is 66.5 Å². The SMILES string of the molecule is C=CC(=O)N1CCN(c2cc(C(=O)NC(C)CN)nc3c2CCN(c2cccc4cccc(C)c24)C3)CC1CC#N. The quantitative estimate of drug-likeness (QED) is 0.433. The van der Waals surface area contributed by atoms with Crippen molar-refractivity contribution in [2.24, 2.45) is 5.73 Å². The van der Waals surface area contributed by atoms with E-state index < -0.39 is 0 Å². The lowest BCUT2D eigenvalue weighted by Gasteiger charge is -2.43. The van der Waals surface area contributed by atoms with Gasteiger partial charge in [0.1, 0.15) is 5.69 Å². The van der Waals surface area contributed by atoms with Crippen molar-refractivity contribution in [3.05, 3.63) is 77.6 Å². The molecule has 0 spiro atoms. The number of rotatable bonds is 7. The van der Waals surface area contributed by atoms with Gasteiger partial charge in [0.2, 0.25) is 5.91 Å². The summed E-state index contributed by atoms with van der Waals surface area (Å²) >= 11 is 0. The normalized spacial score (nSPS) is 17.5. The topological polar surface area (TPSA) is 119 Å². The summed E-state index contributed by atoms with van der Waals surface area (Å²) in [5.74, 6) is -0.433. The Kier molecular flexibility index (Phi) is 8.22. The molecule has 2 unspecified atom stereocenters. The van der Waals surface area contributed by atoms with Crippen molar-refractivity contribution in [3.8, 4) is 6.07 Å². The number of piperazine rings is 1. The van der Waals surface area contributed by atoms with E-state index in [1.807, 2.05) is 13.0 Å². The Morgan fingerprint density at radius 3 is 2.71 bits per heavy atom. The summed E-state index contributed by atoms with van der Waals surface area (Å²) in [4.78, 5) is 36.9. The van der Waals surface area contributed by atoms with Crippen molar-refractivity contribution in [1.29, 1.82) is 5.26 Å². The van der Waals surface area contributed by atoms with Gasteiger partial charge in [-0.15, -0.1) is 0 Å². The fraction of sp³-hybridized carbons (Fsp3) is 0.375. The third-order valence-electron chi connectivity index (χ3n) is 8.16. The zero-order valence-electron chi connectivity index (χ0n) is 23.8. The molecule has 2 aliphatic heterocycles. The number of amides is 2. The zero-order chi connectivity index (χ0) is 29.1. The second-order valence-electron chi connectivity index (χ2n) is 10.9. The predicted octanol–water partition coefficient (Wildman–Crippen LogP) is 3.30. The van der Waals surface area contributed by atoms with Crippen molar-refractivity contribution in [1.82, 2.24) is 15.2 Å². The van der Waals surface area contributed by atoms with Crippen LogP contribution >= 0.6 is 0 Å². The number of pyridine rings is 1. The Hall–Kier alpha value is -4.42. The van der Waals surface area contributed by atoms with Gasteiger partial charge in [-0.1, -0.05) is 36.9 Å². The van der Waals surface area contributed by atoms with Crippen LogP contribution in [0.4, 0.5) is 11.4 Å². The van der Waals surface area contributed by atoms with Gasteiger partial charge in [0, 0.05) is 61.1 Å². The molecule has 2 aromatic carbocycles. The van der Waals surface area contributed by atoms with E-state index >= 15 is 0 Å². The number of carbonyl (C=O) groups is 2. The maximum Gasteiger partial charge on any atom is 0.270 e. The molecule has 9 heteroatoms. The molecule has 41 heavy (non-hydrogen) atoms. The maximum atomic E-state index is 13.3. The first-order chi connectivity index (χ1) is 19.8. The predicted molar refractivity (Wildman–Crippen MR) is 162 cm³/mol. The summed E-state index contributed by atoms with van der Waals surface area (Å²) in [5, 5.41) is 14.9. The van der Waals surface area contributed by atoms with Crippen LogP contribution in [0.1, 0.15) is 40.7 Å². The van der Waals surface area contributed by atoms with Gasteiger partial charge >= 0.3 is 0 Å². The van der Waals surface area contributed by atoms with Gasteiger partial charge in [-0.25, -0.2) is 4.98 Å². The van der Waals surface area contributed by atoms with E-state index in [1.54, 1.807) is 4.90 Å². The third kappa shape index (κ3) is 5.61. The lowest BCUT2D eigenvalue weighted by Crippen LogP contribution is -2.55. The zero-order valence-corrected chi connectivity index (χ0v) is 23.8. The lowest BCUT2D eigenvalue weighted by molar-refractivity contribution is -0.128. The number of hydrogen-bond acceptors (Lipinski definition) is 7. The molecular formula is C32H37N7O2. The number of nitrogens with two attached hydrogens (primary N) is 1. The van der Waals surface area contributed by atoms with E-state index in [0.717, 1.165) is 35.6 Å². The third-order valence-corrected chi connectivity index (χ3v) is 8.16. The molecule has 5 rings (SSSR count). The molecule has 0 bridgehead atoms. The fourth-order valence-electron chi connectivity index (χ4n) is 6.01. The number of hydrogen-bond donors (Lipinski definition) is 2. The van der Waals surface area contributed by atoms with Crippen LogP contribution in [0.2, 0.25) is 0 Å². The van der Waals surface area contributed by atoms with Gasteiger partial charge in [0.15, 0.2) is 0 Å². The molecule has 3 aromatic rings. The number of carbonyl (C=O) groups excluding carboxylic acids is 2. The summed E-state index contributed by atoms with van der Waals surface area (Å²) in [6, 6.07) is 16.4. The van der Waals surface area contributed by atoms with Crippen LogP contribution in [0.25, 0.3) is 10.8 Å². The average Bonchev–Trinajstić information content (AvgIpc) is 2.99. The monoisotopic (exact) mass is 551 g/mol. The second-order valence-corrected chi connectivity index (χ2v) is 10.9. The summed E-state index contributed by atoms with van der Waals surface area (Å²) in [7, 11) is 0. The van der Waals surface area contributed by atoms with E-state index in [1.165, 1.54) is 22.4 Å². The minimum Gasteiger partial charge on any atom is -0.367 e. The van der Waals surface area contributed by atoms with Crippen molar-refractivity contribution in [2.45, 2.75) is 45.3 Å². The van der Waals surface area contributed by atoms with Gasteiger partial charge in [-0.2, -0.15) is 5.26 Å². The van der Waals surface area contributed by atoms with E-state index in [-0.39, 0.29) is 30.3 Å². The van der Waals surface area contributed by atoms with Crippen LogP contribution in [0, 0.1) is 18.3 Å². The van der Waals surface area contributed by atoms with Gasteiger partial charge in [0.25, 0.3) is 5.91 Å². The van der Waals surface area contributed by atoms with Crippen LogP contribution in [0.3, 0.4) is 0 Å². The number of aromatic nitrogens is 1. The Labute approximate surface area is 241 Å². The minimum absolute atomic E-state index is 0.168. The van der Waals surface area contributed by atoms with E-state index in [0.29, 0.717) is 38.4 Å².